The van der Waals surface area contributed by atoms with E-state index < -0.39 is 0 Å². The van der Waals surface area contributed by atoms with Crippen LogP contribution in [0.15, 0.2) is 43.2 Å². The molecule has 0 amide bonds. The summed E-state index contributed by atoms with van der Waals surface area (Å²) in [7, 11) is 0. The summed E-state index contributed by atoms with van der Waals surface area (Å²) in [4.78, 5) is 17.0. The molecule has 3 heterocycles. The van der Waals surface area contributed by atoms with Gasteiger partial charge in [0.1, 0.15) is 18.3 Å². The number of nitrogens with zero attached hydrogens (tertiary/aromatic N) is 5. The number of anilines is 3. The molecular formula is C15H13N7S. The molecule has 0 saturated carbocycles. The highest BCUT2D eigenvalue weighted by atomic mass is 32.1. The molecule has 0 atom stereocenters. The number of nitrogen functional groups attached to an aromatic ring is 1. The van der Waals surface area contributed by atoms with Crippen molar-refractivity contribution < 1.29 is 0 Å². The third-order valence-electron chi connectivity index (χ3n) is 3.38. The summed E-state index contributed by atoms with van der Waals surface area (Å²) in [6.45, 7) is 2.06. The van der Waals surface area contributed by atoms with E-state index in [0.717, 1.165) is 15.3 Å². The number of nitrogens with one attached hydrogen (secondary N) is 1. The van der Waals surface area contributed by atoms with Crippen LogP contribution in [0.5, 0.6) is 0 Å². The second kappa shape index (κ2) is 5.33. The van der Waals surface area contributed by atoms with Crippen molar-refractivity contribution in [1.29, 1.82) is 0 Å². The number of benzene rings is 1. The Morgan fingerprint density at radius 2 is 2.17 bits per heavy atom. The van der Waals surface area contributed by atoms with Crippen molar-refractivity contribution in [2.45, 2.75) is 6.92 Å². The molecule has 0 aliphatic rings. The van der Waals surface area contributed by atoms with Crippen LogP contribution in [0.4, 0.5) is 16.6 Å². The van der Waals surface area contributed by atoms with Gasteiger partial charge in [0, 0.05) is 12.4 Å². The van der Waals surface area contributed by atoms with Crippen molar-refractivity contribution >= 4 is 38.2 Å². The fourth-order valence-corrected chi connectivity index (χ4v) is 3.23. The van der Waals surface area contributed by atoms with E-state index in [1.165, 1.54) is 11.9 Å². The van der Waals surface area contributed by atoms with Crippen molar-refractivity contribution in [2.24, 2.45) is 0 Å². The van der Waals surface area contributed by atoms with Gasteiger partial charge < -0.3 is 11.1 Å². The number of hydrogen-bond acceptors (Lipinski definition) is 7. The lowest BCUT2D eigenvalue weighted by atomic mass is 10.2. The smallest absolute Gasteiger partial charge is 0.189 e. The normalized spacial score (nSPS) is 11.0. The fourth-order valence-electron chi connectivity index (χ4n) is 2.26. The Balaban J connectivity index is 1.72. The first-order chi connectivity index (χ1) is 11.2. The van der Waals surface area contributed by atoms with Crippen LogP contribution < -0.4 is 11.1 Å². The van der Waals surface area contributed by atoms with E-state index in [2.05, 4.69) is 38.2 Å². The molecule has 7 nitrogen and oxygen atoms in total. The Bertz CT molecular complexity index is 975. The van der Waals surface area contributed by atoms with Gasteiger partial charge in [-0.2, -0.15) is 0 Å². The molecule has 114 valence electrons. The van der Waals surface area contributed by atoms with E-state index in [1.54, 1.807) is 34.6 Å². The van der Waals surface area contributed by atoms with Gasteiger partial charge in [-0.3, -0.25) is 4.57 Å². The Labute approximate surface area is 135 Å². The highest BCUT2D eigenvalue weighted by molar-refractivity contribution is 7.22. The summed E-state index contributed by atoms with van der Waals surface area (Å²) in [6.07, 6.45) is 6.56. The van der Waals surface area contributed by atoms with Crippen LogP contribution in [0.2, 0.25) is 0 Å². The van der Waals surface area contributed by atoms with Crippen LogP contribution in [0.3, 0.4) is 0 Å². The molecule has 3 aromatic heterocycles. The fraction of sp³-hybridized carbons (Fsp3) is 0.0667. The minimum Gasteiger partial charge on any atom is -0.393 e. The third-order valence-corrected chi connectivity index (χ3v) is 4.31. The van der Waals surface area contributed by atoms with Gasteiger partial charge in [-0.25, -0.2) is 19.9 Å². The number of nitrogens with two attached hydrogens (primary N) is 1. The van der Waals surface area contributed by atoms with Crippen LogP contribution in [0.25, 0.3) is 16.0 Å². The lowest BCUT2D eigenvalue weighted by molar-refractivity contribution is 0.977. The monoisotopic (exact) mass is 323 g/mol. The average Bonchev–Trinajstić information content (AvgIpc) is 3.18. The van der Waals surface area contributed by atoms with E-state index in [1.807, 2.05) is 12.1 Å². The van der Waals surface area contributed by atoms with E-state index in [9.17, 15) is 0 Å². The zero-order chi connectivity index (χ0) is 15.8. The number of rotatable bonds is 3. The standard InChI is InChI=1S/C15H13N7S/c1-9-2-3-10-11(6-9)23-15(20-10)21-13-12(16)14(19-7-18-13)22-5-4-17-8-22/h2-8H,16H2,1H3,(H,18,19,20,21). The quantitative estimate of drug-likeness (QED) is 0.602. The molecule has 1 aromatic carbocycles. The van der Waals surface area contributed by atoms with Gasteiger partial charge in [-0.15, -0.1) is 0 Å². The number of aryl methyl sites for hydroxylation is 1. The van der Waals surface area contributed by atoms with Gasteiger partial charge in [0.05, 0.1) is 10.2 Å². The van der Waals surface area contributed by atoms with Crippen LogP contribution in [-0.2, 0) is 0 Å². The molecule has 4 aromatic rings. The lowest BCUT2D eigenvalue weighted by Crippen LogP contribution is -2.06. The maximum Gasteiger partial charge on any atom is 0.189 e. The van der Waals surface area contributed by atoms with Crippen LogP contribution in [0.1, 0.15) is 5.56 Å². The molecular weight excluding hydrogens is 310 g/mol. The van der Waals surface area contributed by atoms with Crippen LogP contribution in [-0.4, -0.2) is 24.5 Å². The zero-order valence-electron chi connectivity index (χ0n) is 12.3. The van der Waals surface area contributed by atoms with E-state index in [4.69, 9.17) is 5.73 Å². The summed E-state index contributed by atoms with van der Waals surface area (Å²) in [5.41, 5.74) is 8.78. The van der Waals surface area contributed by atoms with Gasteiger partial charge in [-0.05, 0) is 24.6 Å². The molecule has 0 unspecified atom stereocenters. The summed E-state index contributed by atoms with van der Waals surface area (Å²) >= 11 is 1.56. The van der Waals surface area contributed by atoms with Gasteiger partial charge in [0.25, 0.3) is 0 Å². The first-order valence-corrected chi connectivity index (χ1v) is 7.75. The first kappa shape index (κ1) is 13.6. The maximum absolute atomic E-state index is 6.18. The van der Waals surface area contributed by atoms with Crippen molar-refractivity contribution in [1.82, 2.24) is 24.5 Å². The Morgan fingerprint density at radius 1 is 1.26 bits per heavy atom. The summed E-state index contributed by atoms with van der Waals surface area (Å²) in [5.74, 6) is 1.11. The molecule has 0 aliphatic carbocycles. The predicted molar refractivity (Wildman–Crippen MR) is 91.2 cm³/mol. The third kappa shape index (κ3) is 2.49. The SMILES string of the molecule is Cc1ccc2nc(Nc3ncnc(-n4ccnc4)c3N)sc2c1. The summed E-state index contributed by atoms with van der Waals surface area (Å²) in [5, 5.41) is 3.92. The summed E-state index contributed by atoms with van der Waals surface area (Å²) < 4.78 is 2.86. The second-order valence-electron chi connectivity index (χ2n) is 5.04. The van der Waals surface area contributed by atoms with Gasteiger partial charge in [0.2, 0.25) is 0 Å². The molecule has 3 N–H and O–H groups in total. The van der Waals surface area contributed by atoms with Crippen molar-refractivity contribution in [3.63, 3.8) is 0 Å². The Morgan fingerprint density at radius 3 is 3.00 bits per heavy atom. The van der Waals surface area contributed by atoms with Gasteiger partial charge in [0.15, 0.2) is 16.8 Å². The van der Waals surface area contributed by atoms with Crippen molar-refractivity contribution in [2.75, 3.05) is 11.1 Å². The highest BCUT2D eigenvalue weighted by Gasteiger charge is 2.12. The highest BCUT2D eigenvalue weighted by Crippen LogP contribution is 2.31. The molecule has 0 aliphatic heterocycles. The number of fused-ring (bicyclic) bond motifs is 1. The number of aromatic nitrogens is 5. The lowest BCUT2D eigenvalue weighted by Gasteiger charge is -2.09. The van der Waals surface area contributed by atoms with Crippen LogP contribution >= 0.6 is 11.3 Å². The summed E-state index contributed by atoms with van der Waals surface area (Å²) in [6, 6.07) is 6.16. The molecule has 4 rings (SSSR count). The van der Waals surface area contributed by atoms with E-state index >= 15 is 0 Å². The molecule has 0 saturated heterocycles. The molecule has 0 spiro atoms. The predicted octanol–water partition coefficient (Wildman–Crippen LogP) is 2.91. The molecule has 23 heavy (non-hydrogen) atoms. The number of imidazole rings is 1. The van der Waals surface area contributed by atoms with Crippen molar-refractivity contribution in [3.8, 4) is 5.82 Å². The maximum atomic E-state index is 6.18. The minimum atomic E-state index is 0.445. The van der Waals surface area contributed by atoms with Crippen molar-refractivity contribution in [3.05, 3.63) is 48.8 Å². The van der Waals surface area contributed by atoms with Crippen LogP contribution in [0, 0.1) is 6.92 Å². The Hall–Kier alpha value is -3.00. The second-order valence-corrected chi connectivity index (χ2v) is 6.08. The molecule has 8 heteroatoms. The topological polar surface area (TPSA) is 94.5 Å². The molecule has 0 radical (unpaired) electrons. The molecule has 0 fully saturated rings. The number of thiazole rings is 1. The van der Waals surface area contributed by atoms with Gasteiger partial charge >= 0.3 is 0 Å². The van der Waals surface area contributed by atoms with E-state index in [0.29, 0.717) is 17.3 Å². The van der Waals surface area contributed by atoms with E-state index in [-0.39, 0.29) is 0 Å². The number of hydrogen-bond donors (Lipinski definition) is 2. The Kier molecular flexibility index (Phi) is 3.16. The zero-order valence-corrected chi connectivity index (χ0v) is 13.1. The molecule has 0 bridgehead atoms. The van der Waals surface area contributed by atoms with Gasteiger partial charge in [-0.1, -0.05) is 17.4 Å². The first-order valence-electron chi connectivity index (χ1n) is 6.94. The largest absolute Gasteiger partial charge is 0.393 e. The average molecular weight is 323 g/mol. The minimum absolute atomic E-state index is 0.445.